The van der Waals surface area contributed by atoms with E-state index in [1.165, 1.54) is 35.2 Å². The number of hydrogen-bond acceptors (Lipinski definition) is 5. The molecule has 0 fully saturated rings. The molecule has 0 saturated heterocycles. The summed E-state index contributed by atoms with van der Waals surface area (Å²) in [6.07, 6.45) is 0. The maximum atomic E-state index is 13.0. The summed E-state index contributed by atoms with van der Waals surface area (Å²) in [7, 11) is 1.61. The monoisotopic (exact) mass is 388 g/mol. The summed E-state index contributed by atoms with van der Waals surface area (Å²) in [6, 6.07) is 11.7. The highest BCUT2D eigenvalue weighted by atomic mass is 32.2. The number of anilines is 1. The number of ether oxygens (including phenoxy) is 1. The summed E-state index contributed by atoms with van der Waals surface area (Å²) in [6.45, 7) is 1.92. The van der Waals surface area contributed by atoms with Crippen LogP contribution in [0.5, 0.6) is 5.75 Å². The fourth-order valence-corrected chi connectivity index (χ4v) is 3.93. The van der Waals surface area contributed by atoms with Crippen molar-refractivity contribution < 1.29 is 13.9 Å². The summed E-state index contributed by atoms with van der Waals surface area (Å²) in [5.74, 6) is 0.652. The van der Waals surface area contributed by atoms with E-state index in [0.29, 0.717) is 0 Å². The molecule has 7 heteroatoms. The first-order chi connectivity index (χ1) is 12.5. The molecular weight excluding hydrogens is 371 g/mol. The largest absolute Gasteiger partial charge is 0.497 e. The molecule has 3 aromatic rings. The molecular formula is C19H17FN2O2S2. The Balaban J connectivity index is 1.57. The molecule has 0 bridgehead atoms. The smallest absolute Gasteiger partial charge is 0.234 e. The first-order valence-electron chi connectivity index (χ1n) is 7.84. The van der Waals surface area contributed by atoms with Crippen molar-refractivity contribution in [1.29, 1.82) is 0 Å². The molecule has 1 N–H and O–H groups in total. The number of hydrogen-bond donors (Lipinski definition) is 1. The van der Waals surface area contributed by atoms with Crippen LogP contribution < -0.4 is 10.1 Å². The molecule has 1 aromatic heterocycles. The number of aryl methyl sites for hydroxylation is 1. The minimum atomic E-state index is -0.274. The van der Waals surface area contributed by atoms with Gasteiger partial charge in [0.2, 0.25) is 5.91 Å². The van der Waals surface area contributed by atoms with Gasteiger partial charge in [0.05, 0.1) is 18.6 Å². The SMILES string of the molecule is COc1ccc(NC(=O)CSc2nc(-c3ccc(F)cc3)cs2)c(C)c1. The summed E-state index contributed by atoms with van der Waals surface area (Å²) < 4.78 is 19.0. The highest BCUT2D eigenvalue weighted by molar-refractivity contribution is 8.01. The molecule has 0 spiro atoms. The summed E-state index contributed by atoms with van der Waals surface area (Å²) in [4.78, 5) is 16.7. The Hall–Kier alpha value is -2.38. The quantitative estimate of drug-likeness (QED) is 0.604. The van der Waals surface area contributed by atoms with Crippen LogP contribution >= 0.6 is 23.1 Å². The molecule has 0 aliphatic rings. The second-order valence-corrected chi connectivity index (χ2v) is 7.60. The molecule has 1 amide bonds. The van der Waals surface area contributed by atoms with Gasteiger partial charge in [-0.05, 0) is 55.0 Å². The first kappa shape index (κ1) is 18.4. The molecule has 4 nitrogen and oxygen atoms in total. The number of carbonyl (C=O) groups excluding carboxylic acids is 1. The van der Waals surface area contributed by atoms with Crippen LogP contribution in [0.1, 0.15) is 5.56 Å². The van der Waals surface area contributed by atoms with Crippen LogP contribution in [0.4, 0.5) is 10.1 Å². The van der Waals surface area contributed by atoms with E-state index in [4.69, 9.17) is 4.74 Å². The van der Waals surface area contributed by atoms with Gasteiger partial charge < -0.3 is 10.1 Å². The Bertz CT molecular complexity index is 910. The van der Waals surface area contributed by atoms with Crippen molar-refractivity contribution in [1.82, 2.24) is 4.98 Å². The van der Waals surface area contributed by atoms with Gasteiger partial charge >= 0.3 is 0 Å². The van der Waals surface area contributed by atoms with E-state index in [1.807, 2.05) is 30.5 Å². The maximum absolute atomic E-state index is 13.0. The third-order valence-electron chi connectivity index (χ3n) is 3.66. The van der Waals surface area contributed by atoms with Crippen LogP contribution in [0.3, 0.4) is 0 Å². The fourth-order valence-electron chi connectivity index (χ4n) is 2.29. The van der Waals surface area contributed by atoms with Crippen LogP contribution in [0.15, 0.2) is 52.2 Å². The molecule has 1 heterocycles. The van der Waals surface area contributed by atoms with Gasteiger partial charge in [0.15, 0.2) is 4.34 Å². The standard InChI is InChI=1S/C19H17FN2O2S2/c1-12-9-15(24-2)7-8-16(12)21-18(23)11-26-19-22-17(10-25-19)13-3-5-14(20)6-4-13/h3-10H,11H2,1-2H3,(H,21,23). The van der Waals surface area contributed by atoms with Crippen molar-refractivity contribution in [3.63, 3.8) is 0 Å². The summed E-state index contributed by atoms with van der Waals surface area (Å²) in [5.41, 5.74) is 3.34. The predicted octanol–water partition coefficient (Wildman–Crippen LogP) is 5.00. The number of thiazole rings is 1. The second-order valence-electron chi connectivity index (χ2n) is 5.52. The lowest BCUT2D eigenvalue weighted by molar-refractivity contribution is -0.113. The fraction of sp³-hybridized carbons (Fsp3) is 0.158. The van der Waals surface area contributed by atoms with Crippen molar-refractivity contribution >= 4 is 34.7 Å². The highest BCUT2D eigenvalue weighted by Crippen LogP contribution is 2.28. The molecule has 0 unspecified atom stereocenters. The van der Waals surface area contributed by atoms with Crippen LogP contribution in [0, 0.1) is 12.7 Å². The predicted molar refractivity (Wildman–Crippen MR) is 105 cm³/mol. The lowest BCUT2D eigenvalue weighted by Gasteiger charge is -2.09. The van der Waals surface area contributed by atoms with Gasteiger partial charge in [-0.15, -0.1) is 11.3 Å². The van der Waals surface area contributed by atoms with E-state index in [1.54, 1.807) is 19.2 Å². The number of methoxy groups -OCH3 is 1. The van der Waals surface area contributed by atoms with Gasteiger partial charge in [0.1, 0.15) is 11.6 Å². The Morgan fingerprint density at radius 2 is 2.04 bits per heavy atom. The lowest BCUT2D eigenvalue weighted by atomic mass is 10.2. The number of nitrogens with zero attached hydrogens (tertiary/aromatic N) is 1. The van der Waals surface area contributed by atoms with E-state index in [9.17, 15) is 9.18 Å². The van der Waals surface area contributed by atoms with Crippen LogP contribution in [-0.2, 0) is 4.79 Å². The first-order valence-corrected chi connectivity index (χ1v) is 9.70. The second kappa shape index (κ2) is 8.33. The molecule has 26 heavy (non-hydrogen) atoms. The number of nitrogens with one attached hydrogen (secondary N) is 1. The lowest BCUT2D eigenvalue weighted by Crippen LogP contribution is -2.14. The number of benzene rings is 2. The number of carbonyl (C=O) groups is 1. The normalized spacial score (nSPS) is 10.6. The van der Waals surface area contributed by atoms with Crippen molar-refractivity contribution in [2.45, 2.75) is 11.3 Å². The van der Waals surface area contributed by atoms with Crippen molar-refractivity contribution in [3.8, 4) is 17.0 Å². The number of thioether (sulfide) groups is 1. The topological polar surface area (TPSA) is 51.2 Å². The molecule has 0 saturated carbocycles. The molecule has 3 rings (SSSR count). The van der Waals surface area contributed by atoms with Crippen molar-refractivity contribution in [3.05, 3.63) is 59.2 Å². The molecule has 0 radical (unpaired) electrons. The van der Waals surface area contributed by atoms with Crippen LogP contribution in [0.25, 0.3) is 11.3 Å². The Morgan fingerprint density at radius 3 is 2.73 bits per heavy atom. The summed E-state index contributed by atoms with van der Waals surface area (Å²) in [5, 5.41) is 4.80. The molecule has 0 aliphatic heterocycles. The zero-order chi connectivity index (χ0) is 18.5. The zero-order valence-electron chi connectivity index (χ0n) is 14.3. The molecule has 0 aliphatic carbocycles. The van der Waals surface area contributed by atoms with Gasteiger partial charge in [0.25, 0.3) is 0 Å². The van der Waals surface area contributed by atoms with Gasteiger partial charge in [0, 0.05) is 16.6 Å². The minimum Gasteiger partial charge on any atom is -0.497 e. The van der Waals surface area contributed by atoms with Crippen molar-refractivity contribution in [2.75, 3.05) is 18.2 Å². The van der Waals surface area contributed by atoms with Gasteiger partial charge in [-0.3, -0.25) is 4.79 Å². The molecule has 2 aromatic carbocycles. The molecule has 0 atom stereocenters. The van der Waals surface area contributed by atoms with Gasteiger partial charge in [-0.25, -0.2) is 9.37 Å². The highest BCUT2D eigenvalue weighted by Gasteiger charge is 2.10. The number of aromatic nitrogens is 1. The minimum absolute atomic E-state index is 0.0956. The molecule has 134 valence electrons. The number of halogens is 1. The summed E-state index contributed by atoms with van der Waals surface area (Å²) >= 11 is 2.84. The maximum Gasteiger partial charge on any atom is 0.234 e. The zero-order valence-corrected chi connectivity index (χ0v) is 15.9. The van der Waals surface area contributed by atoms with Crippen molar-refractivity contribution in [2.24, 2.45) is 0 Å². The van der Waals surface area contributed by atoms with Crippen LogP contribution in [0.2, 0.25) is 0 Å². The Kier molecular flexibility index (Phi) is 5.90. The Morgan fingerprint density at radius 1 is 1.27 bits per heavy atom. The van der Waals surface area contributed by atoms with Gasteiger partial charge in [-0.1, -0.05) is 11.8 Å². The Labute approximate surface area is 159 Å². The number of amides is 1. The van der Waals surface area contributed by atoms with Crippen LogP contribution in [-0.4, -0.2) is 23.8 Å². The van der Waals surface area contributed by atoms with E-state index in [-0.39, 0.29) is 17.5 Å². The van der Waals surface area contributed by atoms with E-state index in [2.05, 4.69) is 10.3 Å². The third kappa shape index (κ3) is 4.62. The van der Waals surface area contributed by atoms with E-state index < -0.39 is 0 Å². The number of rotatable bonds is 6. The van der Waals surface area contributed by atoms with Gasteiger partial charge in [-0.2, -0.15) is 0 Å². The average Bonchev–Trinajstić information content (AvgIpc) is 3.11. The average molecular weight is 388 g/mol. The van der Waals surface area contributed by atoms with E-state index in [0.717, 1.165) is 32.6 Å². The van der Waals surface area contributed by atoms with E-state index >= 15 is 0 Å². The third-order valence-corrected chi connectivity index (χ3v) is 5.68.